The molecule has 0 aliphatic rings. The summed E-state index contributed by atoms with van der Waals surface area (Å²) in [6.07, 6.45) is 0. The molecule has 9 nitrogen and oxygen atoms in total. The smallest absolute Gasteiger partial charge is 1.00 e. The molecule has 0 saturated carbocycles. The van der Waals surface area contributed by atoms with E-state index in [1.165, 1.54) is 0 Å². The number of hydrogen-bond acceptors (Lipinski definition) is 5. The van der Waals surface area contributed by atoms with Gasteiger partial charge in [0.2, 0.25) is 0 Å². The molecule has 0 saturated heterocycles. The normalized spacial score (nSPS) is 10.8. The monoisotopic (exact) mass is 236 g/mol. The van der Waals surface area contributed by atoms with Gasteiger partial charge in [-0.3, -0.25) is 10.5 Å². The fraction of sp³-hybridized carbons (Fsp3) is 0. The van der Waals surface area contributed by atoms with Crippen molar-refractivity contribution in [3.05, 3.63) is 0 Å². The van der Waals surface area contributed by atoms with Crippen LogP contribution in [0.1, 0.15) is 1.43 Å². The fourth-order valence-electron chi connectivity index (χ4n) is 0.139. The Morgan fingerprint density at radius 2 is 1.08 bits per heavy atom. The summed E-state index contributed by atoms with van der Waals surface area (Å²) in [4.78, 5) is 31.0. The van der Waals surface area contributed by atoms with E-state index < -0.39 is 15.6 Å². The summed E-state index contributed by atoms with van der Waals surface area (Å²) in [7, 11) is -10.1. The van der Waals surface area contributed by atoms with Gasteiger partial charge in [0.15, 0.2) is 0 Å². The molecule has 0 spiro atoms. The first-order chi connectivity index (χ1) is 4.71. The zero-order valence-electron chi connectivity index (χ0n) is 6.80. The molecule has 0 heterocycles. The summed E-state index contributed by atoms with van der Waals surface area (Å²) < 4.78 is 22.2. The van der Waals surface area contributed by atoms with E-state index in [0.29, 0.717) is 0 Å². The minimum absolute atomic E-state index is 0. The first kappa shape index (κ1) is 18.9. The van der Waals surface area contributed by atoms with Gasteiger partial charge in [0.25, 0.3) is 0 Å². The van der Waals surface area contributed by atoms with Crippen LogP contribution in [0.2, 0.25) is 0 Å². The molecule has 6 N–H and O–H groups in total. The van der Waals surface area contributed by atoms with Crippen LogP contribution in [-0.4, -0.2) is 30.1 Å². The standard InChI is InChI=1S/Na.H4O7P2.H2O2.H/c;1-8(2,3)7-9(4,5)6;1-2;/h;(H2,1,2,3)(H2,4,5,6);1-2H;/q+1;;;-1. The van der Waals surface area contributed by atoms with Crippen LogP contribution < -0.4 is 29.6 Å². The van der Waals surface area contributed by atoms with Crippen molar-refractivity contribution in [2.45, 2.75) is 0 Å². The van der Waals surface area contributed by atoms with Gasteiger partial charge in [0, 0.05) is 0 Å². The Bertz CT molecular complexity index is 158. The van der Waals surface area contributed by atoms with Crippen LogP contribution in [0.5, 0.6) is 0 Å². The topological polar surface area (TPSA) is 165 Å². The largest absolute Gasteiger partial charge is 1.00 e. The second-order valence-corrected chi connectivity index (χ2v) is 3.68. The van der Waals surface area contributed by atoms with Gasteiger partial charge in [-0.2, -0.15) is 4.31 Å². The van der Waals surface area contributed by atoms with Gasteiger partial charge >= 0.3 is 45.2 Å². The van der Waals surface area contributed by atoms with E-state index >= 15 is 0 Å². The quantitative estimate of drug-likeness (QED) is 0.122. The van der Waals surface area contributed by atoms with Crippen LogP contribution in [0, 0.1) is 0 Å². The van der Waals surface area contributed by atoms with Crippen molar-refractivity contribution in [1.29, 1.82) is 0 Å². The van der Waals surface area contributed by atoms with E-state index in [4.69, 9.17) is 30.1 Å². The molecular formula is H7NaO9P2. The van der Waals surface area contributed by atoms with Gasteiger partial charge in [-0.15, -0.1) is 0 Å². The van der Waals surface area contributed by atoms with Gasteiger partial charge in [-0.1, -0.05) is 0 Å². The van der Waals surface area contributed by atoms with Gasteiger partial charge < -0.3 is 21.0 Å². The molecule has 0 atom stereocenters. The number of phosphoric acid groups is 2. The Morgan fingerprint density at radius 3 is 1.08 bits per heavy atom. The Morgan fingerprint density at radius 1 is 0.917 bits per heavy atom. The Balaban J connectivity index is -0.0000000941. The van der Waals surface area contributed by atoms with Gasteiger partial charge in [-0.25, -0.2) is 9.13 Å². The summed E-state index contributed by atoms with van der Waals surface area (Å²) in [5.41, 5.74) is 0. The van der Waals surface area contributed by atoms with Crippen LogP contribution >= 0.6 is 15.6 Å². The maximum absolute atomic E-state index is 9.63. The van der Waals surface area contributed by atoms with E-state index in [9.17, 15) is 9.13 Å². The molecule has 0 aliphatic heterocycles. The average molecular weight is 236 g/mol. The van der Waals surface area contributed by atoms with Crippen LogP contribution in [0.25, 0.3) is 0 Å². The van der Waals surface area contributed by atoms with E-state index in [1.807, 2.05) is 0 Å². The molecule has 0 aromatic rings. The van der Waals surface area contributed by atoms with Gasteiger partial charge in [0.05, 0.1) is 0 Å². The molecule has 0 radical (unpaired) electrons. The maximum Gasteiger partial charge on any atom is 1.00 e. The van der Waals surface area contributed by atoms with Crippen LogP contribution in [-0.2, 0) is 13.4 Å². The Kier molecular flexibility index (Phi) is 11.9. The predicted octanol–water partition coefficient (Wildman–Crippen LogP) is -3.68. The first-order valence-corrected chi connectivity index (χ1v) is 4.79. The van der Waals surface area contributed by atoms with Crippen molar-refractivity contribution in [1.82, 2.24) is 0 Å². The summed E-state index contributed by atoms with van der Waals surface area (Å²) in [6, 6.07) is 0. The van der Waals surface area contributed by atoms with Crippen molar-refractivity contribution in [2.75, 3.05) is 0 Å². The Labute approximate surface area is 90.2 Å². The van der Waals surface area contributed by atoms with Gasteiger partial charge in [-0.05, 0) is 0 Å². The van der Waals surface area contributed by atoms with Crippen molar-refractivity contribution in [2.24, 2.45) is 0 Å². The third-order valence-corrected chi connectivity index (χ3v) is 1.91. The molecule has 12 heavy (non-hydrogen) atoms. The van der Waals surface area contributed by atoms with Crippen molar-refractivity contribution in [3.63, 3.8) is 0 Å². The maximum atomic E-state index is 9.63. The van der Waals surface area contributed by atoms with Crippen molar-refractivity contribution >= 4 is 15.6 Å². The summed E-state index contributed by atoms with van der Waals surface area (Å²) in [6.45, 7) is 0. The van der Waals surface area contributed by atoms with Crippen molar-refractivity contribution < 1.29 is 74.5 Å². The zero-order valence-corrected chi connectivity index (χ0v) is 9.59. The second kappa shape index (κ2) is 7.57. The van der Waals surface area contributed by atoms with Crippen LogP contribution in [0.15, 0.2) is 0 Å². The zero-order chi connectivity index (χ0) is 9.71. The predicted molar refractivity (Wildman–Crippen MR) is 31.5 cm³/mol. The summed E-state index contributed by atoms with van der Waals surface area (Å²) >= 11 is 0. The molecule has 0 fully saturated rings. The Hall–Kier alpha value is 1.18. The van der Waals surface area contributed by atoms with Crippen molar-refractivity contribution in [3.8, 4) is 0 Å². The van der Waals surface area contributed by atoms with E-state index in [2.05, 4.69) is 4.31 Å². The van der Waals surface area contributed by atoms with E-state index in [0.717, 1.165) is 0 Å². The number of rotatable bonds is 2. The molecule has 0 aromatic heterocycles. The molecule has 72 valence electrons. The third kappa shape index (κ3) is 22.5. The molecule has 0 bridgehead atoms. The molecule has 12 heteroatoms. The number of hydrogen-bond donors (Lipinski definition) is 6. The molecule has 0 amide bonds. The molecule has 0 aliphatic carbocycles. The van der Waals surface area contributed by atoms with Crippen LogP contribution in [0.3, 0.4) is 0 Å². The fourth-order valence-corrected chi connectivity index (χ4v) is 1.25. The van der Waals surface area contributed by atoms with Crippen LogP contribution in [0.4, 0.5) is 0 Å². The summed E-state index contributed by atoms with van der Waals surface area (Å²) in [5, 5.41) is 12.0. The molecular weight excluding hydrogens is 229 g/mol. The summed E-state index contributed by atoms with van der Waals surface area (Å²) in [5.74, 6) is 0. The molecule has 0 aromatic carbocycles. The third-order valence-electron chi connectivity index (χ3n) is 0.213. The second-order valence-electron chi connectivity index (χ2n) is 1.06. The first-order valence-electron chi connectivity index (χ1n) is 1.73. The van der Waals surface area contributed by atoms with E-state index in [1.54, 1.807) is 0 Å². The van der Waals surface area contributed by atoms with Gasteiger partial charge in [0.1, 0.15) is 0 Å². The van der Waals surface area contributed by atoms with E-state index in [-0.39, 0.29) is 31.0 Å². The SMILES string of the molecule is O=P(O)(O)OP(=O)(O)O.OO.[H-].[Na+]. The minimum atomic E-state index is -5.05. The minimum Gasteiger partial charge on any atom is -1.00 e. The average Bonchev–Trinajstić information content (AvgIpc) is 1.60. The molecule has 0 rings (SSSR count). The molecule has 0 unspecified atom stereocenters.